The first-order valence-electron chi connectivity index (χ1n) is 5.77. The number of rotatable bonds is 8. The first kappa shape index (κ1) is 13.7. The molecule has 0 aromatic heterocycles. The Morgan fingerprint density at radius 1 is 0.933 bits per heavy atom. The van der Waals surface area contributed by atoms with Gasteiger partial charge in [-0.1, -0.05) is 49.8 Å². The number of hydrogen-bond donors (Lipinski definition) is 0. The Labute approximate surface area is 93.8 Å². The Balaban J connectivity index is 3.34. The second kappa shape index (κ2) is 12.7. The van der Waals surface area contributed by atoms with Gasteiger partial charge in [0.05, 0.1) is 6.07 Å². The van der Waals surface area contributed by atoms with Gasteiger partial charge < -0.3 is 0 Å². The van der Waals surface area contributed by atoms with E-state index in [9.17, 15) is 0 Å². The van der Waals surface area contributed by atoms with E-state index in [1.165, 1.54) is 6.42 Å². The molecule has 0 atom stereocenters. The van der Waals surface area contributed by atoms with Crippen LogP contribution in [0.1, 0.15) is 45.4 Å². The highest BCUT2D eigenvalue weighted by Gasteiger charge is 1.82. The molecule has 0 N–H and O–H groups in total. The number of nitrogens with zero attached hydrogens (tertiary/aromatic N) is 1. The van der Waals surface area contributed by atoms with Gasteiger partial charge in [0.15, 0.2) is 0 Å². The van der Waals surface area contributed by atoms with Crippen LogP contribution in [-0.4, -0.2) is 0 Å². The van der Waals surface area contributed by atoms with Crippen LogP contribution in [0.15, 0.2) is 36.5 Å². The van der Waals surface area contributed by atoms with Crippen LogP contribution in [0.25, 0.3) is 0 Å². The minimum Gasteiger partial charge on any atom is -0.198 e. The minimum atomic E-state index is 0.684. The highest BCUT2D eigenvalue weighted by molar-refractivity contribution is 5.10. The van der Waals surface area contributed by atoms with Gasteiger partial charge in [-0.05, 0) is 25.7 Å². The molecule has 1 nitrogen and oxygen atoms in total. The van der Waals surface area contributed by atoms with E-state index in [0.29, 0.717) is 6.42 Å². The molecule has 0 spiro atoms. The predicted molar refractivity (Wildman–Crippen MR) is 66.4 cm³/mol. The van der Waals surface area contributed by atoms with Gasteiger partial charge in [-0.3, -0.25) is 0 Å². The molecule has 1 heteroatoms. The highest BCUT2D eigenvalue weighted by Crippen LogP contribution is 1.99. The van der Waals surface area contributed by atoms with E-state index in [1.54, 1.807) is 0 Å². The van der Waals surface area contributed by atoms with Gasteiger partial charge in [0, 0.05) is 6.42 Å². The monoisotopic (exact) mass is 203 g/mol. The smallest absolute Gasteiger partial charge is 0.0621 e. The molecule has 15 heavy (non-hydrogen) atoms. The molecule has 0 rings (SSSR count). The van der Waals surface area contributed by atoms with E-state index in [1.807, 2.05) is 0 Å². The van der Waals surface area contributed by atoms with Crippen molar-refractivity contribution < 1.29 is 0 Å². The summed E-state index contributed by atoms with van der Waals surface area (Å²) in [4.78, 5) is 0. The first-order valence-corrected chi connectivity index (χ1v) is 5.77. The zero-order valence-electron chi connectivity index (χ0n) is 9.65. The van der Waals surface area contributed by atoms with Crippen LogP contribution in [-0.2, 0) is 0 Å². The van der Waals surface area contributed by atoms with E-state index in [0.717, 1.165) is 25.7 Å². The van der Waals surface area contributed by atoms with Gasteiger partial charge in [-0.2, -0.15) is 5.26 Å². The summed E-state index contributed by atoms with van der Waals surface area (Å²) in [5.74, 6) is 0. The largest absolute Gasteiger partial charge is 0.198 e. The number of hydrogen-bond acceptors (Lipinski definition) is 1. The number of nitriles is 1. The standard InChI is InChI=1S/C14H21N/c1-2-3-4-5-6-7-8-9-10-11-12-13-14-15/h4-9H,2-3,10-13H2,1H3/b5-4+,7-6+,9-8+. The molecule has 0 radical (unpaired) electrons. The minimum absolute atomic E-state index is 0.684. The molecule has 0 saturated carbocycles. The normalized spacial score (nSPS) is 11.7. The molecule has 0 fully saturated rings. The molecule has 0 unspecified atom stereocenters. The van der Waals surface area contributed by atoms with E-state index in [2.05, 4.69) is 49.4 Å². The summed E-state index contributed by atoms with van der Waals surface area (Å²) in [6, 6.07) is 2.15. The van der Waals surface area contributed by atoms with Crippen LogP contribution in [0.2, 0.25) is 0 Å². The predicted octanol–water partition coefficient (Wildman–Crippen LogP) is 4.54. The van der Waals surface area contributed by atoms with Gasteiger partial charge in [-0.25, -0.2) is 0 Å². The Morgan fingerprint density at radius 2 is 1.60 bits per heavy atom. The fourth-order valence-corrected chi connectivity index (χ4v) is 1.11. The lowest BCUT2D eigenvalue weighted by Gasteiger charge is -1.88. The van der Waals surface area contributed by atoms with Crippen molar-refractivity contribution in [1.29, 1.82) is 5.26 Å². The molecular weight excluding hydrogens is 182 g/mol. The fourth-order valence-electron chi connectivity index (χ4n) is 1.11. The van der Waals surface area contributed by atoms with E-state index in [-0.39, 0.29) is 0 Å². The lowest BCUT2D eigenvalue weighted by atomic mass is 10.2. The quantitative estimate of drug-likeness (QED) is 0.419. The molecular formula is C14H21N. The molecule has 0 amide bonds. The topological polar surface area (TPSA) is 23.8 Å². The molecule has 0 saturated heterocycles. The molecule has 0 aromatic carbocycles. The zero-order valence-corrected chi connectivity index (χ0v) is 9.65. The summed E-state index contributed by atoms with van der Waals surface area (Å²) in [5, 5.41) is 8.32. The summed E-state index contributed by atoms with van der Waals surface area (Å²) in [6.07, 6.45) is 18.9. The Bertz CT molecular complexity index is 241. The second-order valence-corrected chi connectivity index (χ2v) is 3.43. The summed E-state index contributed by atoms with van der Waals surface area (Å²) in [7, 11) is 0. The number of allylic oxidation sites excluding steroid dienone is 6. The van der Waals surface area contributed by atoms with Crippen molar-refractivity contribution in [1.82, 2.24) is 0 Å². The van der Waals surface area contributed by atoms with Gasteiger partial charge in [0.25, 0.3) is 0 Å². The van der Waals surface area contributed by atoms with Gasteiger partial charge in [-0.15, -0.1) is 0 Å². The van der Waals surface area contributed by atoms with Crippen LogP contribution in [0, 0.1) is 11.3 Å². The van der Waals surface area contributed by atoms with E-state index in [4.69, 9.17) is 5.26 Å². The fraction of sp³-hybridized carbons (Fsp3) is 0.500. The van der Waals surface area contributed by atoms with Crippen LogP contribution in [0.3, 0.4) is 0 Å². The molecule has 0 heterocycles. The molecule has 0 aromatic rings. The molecule has 0 bridgehead atoms. The van der Waals surface area contributed by atoms with Gasteiger partial charge >= 0.3 is 0 Å². The van der Waals surface area contributed by atoms with Crippen LogP contribution in [0.5, 0.6) is 0 Å². The van der Waals surface area contributed by atoms with E-state index >= 15 is 0 Å². The summed E-state index contributed by atoms with van der Waals surface area (Å²) < 4.78 is 0. The SMILES string of the molecule is CCC/C=C/C=C/C=C/CCCCC#N. The van der Waals surface area contributed by atoms with Crippen LogP contribution in [0.4, 0.5) is 0 Å². The van der Waals surface area contributed by atoms with Gasteiger partial charge in [0.1, 0.15) is 0 Å². The maximum Gasteiger partial charge on any atom is 0.0621 e. The molecule has 0 aliphatic rings. The Kier molecular flexibility index (Phi) is 11.6. The van der Waals surface area contributed by atoms with Crippen molar-refractivity contribution in [3.05, 3.63) is 36.5 Å². The summed E-state index contributed by atoms with van der Waals surface area (Å²) in [5.41, 5.74) is 0. The third-order valence-corrected chi connectivity index (χ3v) is 1.97. The number of unbranched alkanes of at least 4 members (excludes halogenated alkanes) is 4. The summed E-state index contributed by atoms with van der Waals surface area (Å²) >= 11 is 0. The highest BCUT2D eigenvalue weighted by atomic mass is 14.2. The van der Waals surface area contributed by atoms with Crippen molar-refractivity contribution in [3.8, 4) is 6.07 Å². The Morgan fingerprint density at radius 3 is 2.20 bits per heavy atom. The zero-order chi connectivity index (χ0) is 11.2. The van der Waals surface area contributed by atoms with E-state index < -0.39 is 0 Å². The molecule has 82 valence electrons. The van der Waals surface area contributed by atoms with Crippen LogP contribution < -0.4 is 0 Å². The lowest BCUT2D eigenvalue weighted by molar-refractivity contribution is 0.768. The first-order chi connectivity index (χ1) is 7.41. The van der Waals surface area contributed by atoms with Crippen molar-refractivity contribution in [2.45, 2.75) is 45.4 Å². The Hall–Kier alpha value is -1.29. The van der Waals surface area contributed by atoms with Crippen molar-refractivity contribution in [2.24, 2.45) is 0 Å². The van der Waals surface area contributed by atoms with Crippen molar-refractivity contribution >= 4 is 0 Å². The third kappa shape index (κ3) is 12.7. The lowest BCUT2D eigenvalue weighted by Crippen LogP contribution is -1.71. The maximum atomic E-state index is 8.32. The third-order valence-electron chi connectivity index (χ3n) is 1.97. The van der Waals surface area contributed by atoms with Crippen LogP contribution >= 0.6 is 0 Å². The van der Waals surface area contributed by atoms with Gasteiger partial charge in [0.2, 0.25) is 0 Å². The maximum absolute atomic E-state index is 8.32. The molecule has 0 aliphatic carbocycles. The van der Waals surface area contributed by atoms with Crippen molar-refractivity contribution in [3.63, 3.8) is 0 Å². The summed E-state index contributed by atoms with van der Waals surface area (Å²) in [6.45, 7) is 2.18. The van der Waals surface area contributed by atoms with Crippen molar-refractivity contribution in [2.75, 3.05) is 0 Å². The average molecular weight is 203 g/mol. The average Bonchev–Trinajstić information content (AvgIpc) is 2.26. The second-order valence-electron chi connectivity index (χ2n) is 3.43. The molecule has 0 aliphatic heterocycles.